The molecule has 4 rings (SSSR count). The molecule has 3 atom stereocenters. The zero-order valence-corrected chi connectivity index (χ0v) is 16.0. The molecule has 0 saturated carbocycles. The number of amides is 3. The lowest BCUT2D eigenvalue weighted by molar-refractivity contribution is -0.119. The lowest BCUT2D eigenvalue weighted by atomic mass is 9.92. The molecule has 0 bridgehead atoms. The van der Waals surface area contributed by atoms with Gasteiger partial charge in [0, 0.05) is 19.2 Å². The molecule has 2 unspecified atom stereocenters. The van der Waals surface area contributed by atoms with E-state index in [-0.39, 0.29) is 37.3 Å². The number of rotatable bonds is 5. The van der Waals surface area contributed by atoms with Crippen LogP contribution in [0.5, 0.6) is 0 Å². The zero-order chi connectivity index (χ0) is 20.5. The number of aliphatic hydroxyl groups is 1. The highest BCUT2D eigenvalue weighted by molar-refractivity contribution is 5.90. The summed E-state index contributed by atoms with van der Waals surface area (Å²) in [6, 6.07) is 7.39. The summed E-state index contributed by atoms with van der Waals surface area (Å²) in [4.78, 5) is 38.2. The molecule has 0 spiro atoms. The van der Waals surface area contributed by atoms with Crippen molar-refractivity contribution in [3.8, 4) is 0 Å². The van der Waals surface area contributed by atoms with Crippen molar-refractivity contribution in [1.82, 2.24) is 10.2 Å². The summed E-state index contributed by atoms with van der Waals surface area (Å²) in [6.45, 7) is 2.32. The predicted octanol–water partition coefficient (Wildman–Crippen LogP) is 1.12. The molecule has 9 nitrogen and oxygen atoms in total. The van der Waals surface area contributed by atoms with E-state index in [2.05, 4.69) is 5.32 Å². The van der Waals surface area contributed by atoms with Crippen LogP contribution >= 0.6 is 0 Å². The van der Waals surface area contributed by atoms with Crippen LogP contribution in [0.2, 0.25) is 0 Å². The molecule has 0 radical (unpaired) electrons. The van der Waals surface area contributed by atoms with Gasteiger partial charge in [-0.25, -0.2) is 9.59 Å². The van der Waals surface area contributed by atoms with Crippen LogP contribution in [0.3, 0.4) is 0 Å². The van der Waals surface area contributed by atoms with E-state index in [0.717, 1.165) is 16.8 Å². The van der Waals surface area contributed by atoms with Gasteiger partial charge >= 0.3 is 12.2 Å². The Hall–Kier alpha value is -3.07. The van der Waals surface area contributed by atoms with Crippen molar-refractivity contribution in [3.05, 3.63) is 35.9 Å². The number of benzene rings is 1. The van der Waals surface area contributed by atoms with Gasteiger partial charge in [0.05, 0.1) is 25.7 Å². The molecule has 2 fully saturated rings. The highest BCUT2D eigenvalue weighted by atomic mass is 16.6. The van der Waals surface area contributed by atoms with Crippen molar-refractivity contribution >= 4 is 29.4 Å². The molecule has 1 aromatic rings. The predicted molar refractivity (Wildman–Crippen MR) is 103 cm³/mol. The van der Waals surface area contributed by atoms with Crippen molar-refractivity contribution < 1.29 is 29.0 Å². The van der Waals surface area contributed by atoms with E-state index in [1.54, 1.807) is 9.80 Å². The van der Waals surface area contributed by atoms with Crippen molar-refractivity contribution in [1.29, 1.82) is 0 Å². The molecule has 3 aliphatic rings. The monoisotopic (exact) mass is 401 g/mol. The van der Waals surface area contributed by atoms with Crippen LogP contribution in [0, 0.1) is 0 Å². The molecule has 0 aliphatic carbocycles. The van der Waals surface area contributed by atoms with Crippen molar-refractivity contribution in [2.75, 3.05) is 31.1 Å². The molecule has 2 saturated heterocycles. The summed E-state index contributed by atoms with van der Waals surface area (Å²) >= 11 is 0. The third-order valence-corrected chi connectivity index (χ3v) is 5.46. The number of ether oxygens (including phenoxy) is 2. The number of hydrogen-bond donors (Lipinski definition) is 2. The van der Waals surface area contributed by atoms with Crippen LogP contribution in [-0.4, -0.2) is 72.6 Å². The van der Waals surface area contributed by atoms with E-state index in [9.17, 15) is 19.5 Å². The second-order valence-corrected chi connectivity index (χ2v) is 7.36. The molecular weight excluding hydrogens is 378 g/mol. The lowest BCUT2D eigenvalue weighted by Gasteiger charge is -2.28. The molecule has 9 heteroatoms. The summed E-state index contributed by atoms with van der Waals surface area (Å²) in [7, 11) is 0. The second kappa shape index (κ2) is 7.75. The molecule has 29 heavy (non-hydrogen) atoms. The van der Waals surface area contributed by atoms with Gasteiger partial charge in [-0.05, 0) is 29.7 Å². The first-order chi connectivity index (χ1) is 14.0. The maximum absolute atomic E-state index is 12.1. The molecule has 0 aromatic heterocycles. The minimum Gasteiger partial charge on any atom is -0.442 e. The number of fused-ring (bicyclic) bond motifs is 1. The van der Waals surface area contributed by atoms with Gasteiger partial charge in [0.2, 0.25) is 5.91 Å². The Morgan fingerprint density at radius 1 is 1.21 bits per heavy atom. The van der Waals surface area contributed by atoms with Gasteiger partial charge in [-0.15, -0.1) is 0 Å². The normalized spacial score (nSPS) is 26.0. The van der Waals surface area contributed by atoms with Crippen LogP contribution in [0.1, 0.15) is 18.9 Å². The van der Waals surface area contributed by atoms with E-state index in [1.807, 2.05) is 30.3 Å². The summed E-state index contributed by atoms with van der Waals surface area (Å²) in [6.07, 6.45) is 0.869. The first-order valence-corrected chi connectivity index (χ1v) is 9.56. The second-order valence-electron chi connectivity index (χ2n) is 7.36. The molecular formula is C20H23N3O6. The van der Waals surface area contributed by atoms with Crippen molar-refractivity contribution in [2.45, 2.75) is 31.6 Å². The van der Waals surface area contributed by atoms with Gasteiger partial charge in [0.25, 0.3) is 0 Å². The quantitative estimate of drug-likeness (QED) is 0.765. The molecule has 154 valence electrons. The lowest BCUT2D eigenvalue weighted by Crippen LogP contribution is -2.40. The average molecular weight is 401 g/mol. The van der Waals surface area contributed by atoms with E-state index < -0.39 is 12.2 Å². The number of carbonyl (C=O) groups excluding carboxylic acids is 3. The summed E-state index contributed by atoms with van der Waals surface area (Å²) in [5.41, 5.74) is 2.78. The van der Waals surface area contributed by atoms with Crippen LogP contribution in [0.4, 0.5) is 15.3 Å². The van der Waals surface area contributed by atoms with Crippen molar-refractivity contribution in [2.24, 2.45) is 0 Å². The fraction of sp³-hybridized carbons (Fsp3) is 0.450. The number of cyclic esters (lactones) is 2. The molecule has 3 aliphatic heterocycles. The average Bonchev–Trinajstić information content (AvgIpc) is 3.25. The van der Waals surface area contributed by atoms with Gasteiger partial charge in [0.1, 0.15) is 12.2 Å². The van der Waals surface area contributed by atoms with Crippen molar-refractivity contribution in [3.63, 3.8) is 0 Å². The van der Waals surface area contributed by atoms with Crippen LogP contribution in [0.25, 0.3) is 5.57 Å². The molecule has 3 heterocycles. The largest absolute Gasteiger partial charge is 0.442 e. The number of nitrogens with one attached hydrogen (secondary N) is 1. The van der Waals surface area contributed by atoms with Gasteiger partial charge < -0.3 is 19.9 Å². The van der Waals surface area contributed by atoms with Crippen LogP contribution in [0.15, 0.2) is 30.3 Å². The van der Waals surface area contributed by atoms with Gasteiger partial charge in [-0.3, -0.25) is 14.6 Å². The fourth-order valence-corrected chi connectivity index (χ4v) is 3.93. The topological polar surface area (TPSA) is 108 Å². The van der Waals surface area contributed by atoms with E-state index in [0.29, 0.717) is 19.5 Å². The summed E-state index contributed by atoms with van der Waals surface area (Å²) < 4.78 is 10.5. The number of anilines is 1. The third-order valence-electron chi connectivity index (χ3n) is 5.46. The van der Waals surface area contributed by atoms with Gasteiger partial charge in [-0.2, -0.15) is 0 Å². The SMILES string of the molecule is CC(=O)NC[C@H]1CN(c2ccc(C3=CCN4C(=O)OC(CO)C4C3)cc2)C(=O)O1. The van der Waals surface area contributed by atoms with E-state index in [4.69, 9.17) is 9.47 Å². The Kier molecular flexibility index (Phi) is 5.14. The number of nitrogens with zero attached hydrogens (tertiary/aromatic N) is 2. The zero-order valence-electron chi connectivity index (χ0n) is 16.0. The molecule has 1 aromatic carbocycles. The Balaban J connectivity index is 1.43. The minimum atomic E-state index is -0.509. The number of carbonyl (C=O) groups is 3. The van der Waals surface area contributed by atoms with E-state index in [1.165, 1.54) is 6.92 Å². The standard InChI is InChI=1S/C20H23N3O6/c1-12(25)21-9-16-10-23(20(27)28-16)15-4-2-13(3-5-15)14-6-7-22-17(8-14)18(11-24)29-19(22)26/h2-6,16-18,24H,7-11H2,1H3,(H,21,25)/t16-,17?,18?/m0/s1. The first-order valence-electron chi connectivity index (χ1n) is 9.56. The van der Waals surface area contributed by atoms with Crippen LogP contribution < -0.4 is 10.2 Å². The smallest absolute Gasteiger partial charge is 0.414 e. The maximum Gasteiger partial charge on any atom is 0.414 e. The fourth-order valence-electron chi connectivity index (χ4n) is 3.93. The summed E-state index contributed by atoms with van der Waals surface area (Å²) in [5, 5.41) is 12.1. The highest BCUT2D eigenvalue weighted by Gasteiger charge is 2.43. The first kappa shape index (κ1) is 19.3. The number of hydrogen-bond acceptors (Lipinski definition) is 6. The van der Waals surface area contributed by atoms with Gasteiger partial charge in [0.15, 0.2) is 0 Å². The Morgan fingerprint density at radius 2 is 1.97 bits per heavy atom. The minimum absolute atomic E-state index is 0.166. The highest BCUT2D eigenvalue weighted by Crippen LogP contribution is 2.34. The van der Waals surface area contributed by atoms with Crippen LogP contribution in [-0.2, 0) is 14.3 Å². The van der Waals surface area contributed by atoms with E-state index >= 15 is 0 Å². The number of aliphatic hydroxyl groups excluding tert-OH is 1. The summed E-state index contributed by atoms with van der Waals surface area (Å²) in [5.74, 6) is -0.166. The third kappa shape index (κ3) is 3.77. The maximum atomic E-state index is 12.1. The Bertz CT molecular complexity index is 852. The molecule has 3 amide bonds. The Morgan fingerprint density at radius 3 is 2.66 bits per heavy atom. The van der Waals surface area contributed by atoms with Gasteiger partial charge in [-0.1, -0.05) is 18.2 Å². The Labute approximate surface area is 167 Å². The molecule has 2 N–H and O–H groups in total.